The van der Waals surface area contributed by atoms with Crippen LogP contribution in [0.3, 0.4) is 0 Å². The maximum absolute atomic E-state index is 12.8. The monoisotopic (exact) mass is 304 g/mol. The van der Waals surface area contributed by atoms with Gasteiger partial charge in [0.1, 0.15) is 0 Å². The lowest BCUT2D eigenvalue weighted by Gasteiger charge is -2.34. The van der Waals surface area contributed by atoms with E-state index in [-0.39, 0.29) is 25.5 Å². The van der Waals surface area contributed by atoms with Crippen LogP contribution in [0.4, 0.5) is 10.3 Å². The third-order valence-electron chi connectivity index (χ3n) is 3.12. The van der Waals surface area contributed by atoms with Crippen LogP contribution in [0.2, 0.25) is 0 Å². The molecule has 10 heteroatoms. The number of primary sulfonamides is 1. The molecule has 0 spiro atoms. The van der Waals surface area contributed by atoms with Crippen LogP contribution in [0.1, 0.15) is 6.42 Å². The van der Waals surface area contributed by atoms with Crippen molar-refractivity contribution in [2.45, 2.75) is 11.7 Å². The van der Waals surface area contributed by atoms with Crippen molar-refractivity contribution < 1.29 is 22.7 Å². The zero-order valence-electron chi connectivity index (χ0n) is 10.3. The fraction of sp³-hybridized carbons (Fsp3) is 0.500. The predicted octanol–water partition coefficient (Wildman–Crippen LogP) is -0.816. The lowest BCUT2D eigenvalue weighted by molar-refractivity contribution is -0.141. The molecule has 2 heterocycles. The number of nitrogens with zero attached hydrogens (tertiary/aromatic N) is 3. The molecule has 2 unspecified atom stereocenters. The van der Waals surface area contributed by atoms with Gasteiger partial charge in [0, 0.05) is 13.1 Å². The summed E-state index contributed by atoms with van der Waals surface area (Å²) in [5.74, 6) is -2.58. The Hall–Kier alpha value is -1.81. The van der Waals surface area contributed by atoms with E-state index >= 15 is 0 Å². The molecule has 1 aromatic heterocycles. The fourth-order valence-corrected chi connectivity index (χ4v) is 2.99. The van der Waals surface area contributed by atoms with Crippen molar-refractivity contribution in [1.29, 1.82) is 0 Å². The lowest BCUT2D eigenvalue weighted by Crippen LogP contribution is -2.50. The first-order valence-electron chi connectivity index (χ1n) is 5.74. The summed E-state index contributed by atoms with van der Waals surface area (Å²) < 4.78 is 35.7. The molecule has 1 aliphatic rings. The first kappa shape index (κ1) is 14.6. The zero-order valence-corrected chi connectivity index (χ0v) is 11.1. The van der Waals surface area contributed by atoms with Crippen molar-refractivity contribution in [3.05, 3.63) is 18.2 Å². The largest absolute Gasteiger partial charge is 0.481 e. The molecule has 1 saturated heterocycles. The average molecular weight is 304 g/mol. The van der Waals surface area contributed by atoms with E-state index in [0.717, 1.165) is 12.4 Å². The summed E-state index contributed by atoms with van der Waals surface area (Å²) in [6.07, 6.45) is 1.79. The molecule has 1 aromatic rings. The van der Waals surface area contributed by atoms with E-state index in [0.29, 0.717) is 0 Å². The molecule has 0 aliphatic carbocycles. The number of nitrogens with two attached hydrogens (primary N) is 1. The Balaban J connectivity index is 2.28. The number of sulfonamides is 1. The number of carbonyl (C=O) groups is 1. The van der Waals surface area contributed by atoms with Gasteiger partial charge in [-0.05, 0) is 6.42 Å². The molecule has 0 bridgehead atoms. The second kappa shape index (κ2) is 5.29. The Bertz CT molecular complexity index is 606. The van der Waals surface area contributed by atoms with Gasteiger partial charge in [-0.15, -0.1) is 0 Å². The summed E-state index contributed by atoms with van der Waals surface area (Å²) in [5.41, 5.74) is 0. The highest BCUT2D eigenvalue weighted by Crippen LogP contribution is 2.23. The van der Waals surface area contributed by atoms with Gasteiger partial charge >= 0.3 is 5.97 Å². The summed E-state index contributed by atoms with van der Waals surface area (Å²) in [6.45, 7) is 0.0290. The van der Waals surface area contributed by atoms with Crippen LogP contribution < -0.4 is 10.0 Å². The molecule has 8 nitrogen and oxygen atoms in total. The third kappa shape index (κ3) is 3.20. The number of hydrogen-bond donors (Lipinski definition) is 2. The molecule has 1 fully saturated rings. The molecule has 0 radical (unpaired) electrons. The highest BCUT2D eigenvalue weighted by Gasteiger charge is 2.37. The van der Waals surface area contributed by atoms with Gasteiger partial charge in [-0.1, -0.05) is 0 Å². The first-order chi connectivity index (χ1) is 9.27. The minimum atomic E-state index is -3.88. The molecule has 2 rings (SSSR count). The van der Waals surface area contributed by atoms with Crippen molar-refractivity contribution in [2.24, 2.45) is 11.1 Å². The standard InChI is InChI=1S/C10H13FN4O4S/c11-7-2-13-10(14-3-7)15-4-6(9(16)17)1-8(5-15)20(12,18)19/h2-3,6,8H,1,4-5H2,(H,16,17)(H2,12,18,19). The van der Waals surface area contributed by atoms with Crippen molar-refractivity contribution in [3.63, 3.8) is 0 Å². The number of carboxylic acids is 1. The normalized spacial score (nSPS) is 23.6. The molecular formula is C10H13FN4O4S. The Morgan fingerprint density at radius 3 is 2.50 bits per heavy atom. The maximum atomic E-state index is 12.8. The molecule has 1 aliphatic heterocycles. The average Bonchev–Trinajstić information content (AvgIpc) is 2.38. The van der Waals surface area contributed by atoms with Gasteiger partial charge in [0.15, 0.2) is 5.82 Å². The number of aromatic nitrogens is 2. The number of carboxylic acid groups (broad SMARTS) is 1. The van der Waals surface area contributed by atoms with Crippen LogP contribution in [-0.2, 0) is 14.8 Å². The van der Waals surface area contributed by atoms with Crippen molar-refractivity contribution in [1.82, 2.24) is 9.97 Å². The maximum Gasteiger partial charge on any atom is 0.308 e. The Labute approximate surface area is 114 Å². The zero-order chi connectivity index (χ0) is 14.9. The number of hydrogen-bond acceptors (Lipinski definition) is 6. The summed E-state index contributed by atoms with van der Waals surface area (Å²) in [7, 11) is -3.88. The number of rotatable bonds is 3. The molecule has 0 aromatic carbocycles. The van der Waals surface area contributed by atoms with E-state index in [1.54, 1.807) is 0 Å². The minimum absolute atomic E-state index is 0.0196. The van der Waals surface area contributed by atoms with Crippen LogP contribution in [0.5, 0.6) is 0 Å². The number of piperidine rings is 1. The van der Waals surface area contributed by atoms with Crippen LogP contribution >= 0.6 is 0 Å². The summed E-state index contributed by atoms with van der Waals surface area (Å²) in [6, 6.07) is 0. The molecule has 2 atom stereocenters. The summed E-state index contributed by atoms with van der Waals surface area (Å²) in [4.78, 5) is 19.9. The van der Waals surface area contributed by atoms with E-state index < -0.39 is 33.0 Å². The van der Waals surface area contributed by atoms with Crippen LogP contribution in [-0.4, -0.2) is 47.8 Å². The molecule has 0 amide bonds. The van der Waals surface area contributed by atoms with Crippen LogP contribution in [0.25, 0.3) is 0 Å². The summed E-state index contributed by atoms with van der Waals surface area (Å²) in [5, 5.41) is 13.1. The fourth-order valence-electron chi connectivity index (χ4n) is 2.10. The Morgan fingerprint density at radius 2 is 2.00 bits per heavy atom. The predicted molar refractivity (Wildman–Crippen MR) is 66.8 cm³/mol. The number of aliphatic carboxylic acids is 1. The summed E-state index contributed by atoms with van der Waals surface area (Å²) >= 11 is 0. The van der Waals surface area contributed by atoms with Gasteiger partial charge in [-0.2, -0.15) is 0 Å². The van der Waals surface area contributed by atoms with Crippen LogP contribution in [0.15, 0.2) is 12.4 Å². The van der Waals surface area contributed by atoms with E-state index in [9.17, 15) is 17.6 Å². The topological polar surface area (TPSA) is 126 Å². The van der Waals surface area contributed by atoms with E-state index in [4.69, 9.17) is 10.2 Å². The Kier molecular flexibility index (Phi) is 3.86. The quantitative estimate of drug-likeness (QED) is 0.747. The van der Waals surface area contributed by atoms with Gasteiger partial charge in [0.05, 0.1) is 23.6 Å². The van der Waals surface area contributed by atoms with Crippen LogP contribution in [0, 0.1) is 11.7 Å². The minimum Gasteiger partial charge on any atom is -0.481 e. The second-order valence-electron chi connectivity index (χ2n) is 4.59. The van der Waals surface area contributed by atoms with Gasteiger partial charge in [0.25, 0.3) is 0 Å². The van der Waals surface area contributed by atoms with Gasteiger partial charge in [0.2, 0.25) is 16.0 Å². The third-order valence-corrected chi connectivity index (χ3v) is 4.39. The van der Waals surface area contributed by atoms with Gasteiger partial charge in [-0.3, -0.25) is 4.79 Å². The Morgan fingerprint density at radius 1 is 1.40 bits per heavy atom. The van der Waals surface area contributed by atoms with E-state index in [2.05, 4.69) is 9.97 Å². The van der Waals surface area contributed by atoms with Crippen molar-refractivity contribution >= 4 is 21.9 Å². The second-order valence-corrected chi connectivity index (χ2v) is 6.43. The smallest absolute Gasteiger partial charge is 0.308 e. The van der Waals surface area contributed by atoms with Crippen molar-refractivity contribution in [2.75, 3.05) is 18.0 Å². The lowest BCUT2D eigenvalue weighted by atomic mass is 9.98. The molecule has 3 N–H and O–H groups in total. The molecular weight excluding hydrogens is 291 g/mol. The van der Waals surface area contributed by atoms with E-state index in [1.165, 1.54) is 4.90 Å². The highest BCUT2D eigenvalue weighted by molar-refractivity contribution is 7.89. The number of anilines is 1. The molecule has 20 heavy (non-hydrogen) atoms. The number of halogens is 1. The van der Waals surface area contributed by atoms with Crippen molar-refractivity contribution in [3.8, 4) is 0 Å². The van der Waals surface area contributed by atoms with E-state index in [1.807, 2.05) is 0 Å². The SMILES string of the molecule is NS(=O)(=O)C1CC(C(=O)O)CN(c2ncc(F)cn2)C1. The van der Waals surface area contributed by atoms with Gasteiger partial charge in [-0.25, -0.2) is 27.9 Å². The molecule has 0 saturated carbocycles. The highest BCUT2D eigenvalue weighted by atomic mass is 32.2. The molecule has 110 valence electrons. The van der Waals surface area contributed by atoms with Gasteiger partial charge < -0.3 is 10.0 Å². The first-order valence-corrected chi connectivity index (χ1v) is 7.35.